The van der Waals surface area contributed by atoms with Gasteiger partial charge in [0.2, 0.25) is 0 Å². The minimum absolute atomic E-state index is 0.464. The van der Waals surface area contributed by atoms with Crippen molar-refractivity contribution in [3.05, 3.63) is 62.8 Å². The van der Waals surface area contributed by atoms with Gasteiger partial charge >= 0.3 is 0 Å². The molecule has 0 spiro atoms. The van der Waals surface area contributed by atoms with Crippen LogP contribution in [0.1, 0.15) is 32.5 Å². The third-order valence-corrected chi connectivity index (χ3v) is 5.41. The highest BCUT2D eigenvalue weighted by atomic mass is 32.1. The van der Waals surface area contributed by atoms with Gasteiger partial charge < -0.3 is 9.21 Å². The lowest BCUT2D eigenvalue weighted by atomic mass is 10.1. The first-order valence-corrected chi connectivity index (χ1v) is 8.93. The number of nitrogens with zero attached hydrogens (tertiary/aromatic N) is 1. The van der Waals surface area contributed by atoms with Crippen molar-refractivity contribution >= 4 is 17.6 Å². The molecule has 3 rings (SSSR count). The van der Waals surface area contributed by atoms with Crippen LogP contribution < -0.4 is 0 Å². The molecule has 0 aliphatic carbocycles. The van der Waals surface area contributed by atoms with Crippen molar-refractivity contribution in [2.75, 3.05) is 0 Å². The summed E-state index contributed by atoms with van der Waals surface area (Å²) in [5.41, 5.74) is 4.54. The number of hydrogen-bond donors (Lipinski definition) is 0. The summed E-state index contributed by atoms with van der Waals surface area (Å²) in [5, 5.41) is 1.09. The molecule has 4 heteroatoms. The van der Waals surface area contributed by atoms with Gasteiger partial charge in [0.1, 0.15) is 17.8 Å². The number of aldehydes is 1. The van der Waals surface area contributed by atoms with Crippen LogP contribution in [-0.4, -0.2) is 11.3 Å². The lowest BCUT2D eigenvalue weighted by molar-refractivity contribution is -0.107. The Morgan fingerprint density at radius 3 is 2.58 bits per heavy atom. The summed E-state index contributed by atoms with van der Waals surface area (Å²) in [6.07, 6.45) is 3.18. The van der Waals surface area contributed by atoms with E-state index in [-0.39, 0.29) is 0 Å². The van der Waals surface area contributed by atoms with Gasteiger partial charge in [0.15, 0.2) is 0 Å². The fraction of sp³-hybridized carbons (Fsp3) is 0.300. The summed E-state index contributed by atoms with van der Waals surface area (Å²) in [6.45, 7) is 6.06. The molecule has 0 bridgehead atoms. The highest BCUT2D eigenvalue weighted by Crippen LogP contribution is 2.27. The molecule has 3 nitrogen and oxygen atoms in total. The molecule has 0 aliphatic heterocycles. The molecule has 0 saturated carbocycles. The van der Waals surface area contributed by atoms with Gasteiger partial charge in [-0.1, -0.05) is 29.8 Å². The Morgan fingerprint density at radius 2 is 1.88 bits per heavy atom. The Hall–Kier alpha value is -2.20. The van der Waals surface area contributed by atoms with Crippen LogP contribution in [0.3, 0.4) is 0 Å². The van der Waals surface area contributed by atoms with Crippen molar-refractivity contribution in [1.29, 1.82) is 0 Å². The summed E-state index contributed by atoms with van der Waals surface area (Å²) >= 11 is 1.64. The Bertz CT molecular complexity index is 843. The number of carbonyl (C=O) groups is 1. The van der Waals surface area contributed by atoms with E-state index < -0.39 is 0 Å². The van der Waals surface area contributed by atoms with Crippen molar-refractivity contribution in [3.63, 3.8) is 0 Å². The first-order chi connectivity index (χ1) is 11.6. The molecule has 124 valence electrons. The molecule has 0 fully saturated rings. The van der Waals surface area contributed by atoms with Crippen LogP contribution in [0.5, 0.6) is 0 Å². The first kappa shape index (κ1) is 16.7. The van der Waals surface area contributed by atoms with Crippen molar-refractivity contribution in [1.82, 2.24) is 4.98 Å². The number of thiazole rings is 1. The summed E-state index contributed by atoms with van der Waals surface area (Å²) in [7, 11) is 0. The molecule has 0 aliphatic rings. The zero-order chi connectivity index (χ0) is 17.1. The highest BCUT2D eigenvalue weighted by molar-refractivity contribution is 7.11. The van der Waals surface area contributed by atoms with Crippen LogP contribution in [0.2, 0.25) is 0 Å². The SMILES string of the molecule is Cc1ccc(-c2cc(CCc3nc(C)c(CC=O)s3)c(C)o2)cc1. The molecule has 0 unspecified atom stereocenters. The van der Waals surface area contributed by atoms with Crippen molar-refractivity contribution in [2.24, 2.45) is 0 Å². The average molecular weight is 339 g/mol. The molecule has 0 N–H and O–H groups in total. The van der Waals surface area contributed by atoms with Gasteiger partial charge in [0.25, 0.3) is 0 Å². The van der Waals surface area contributed by atoms with Gasteiger partial charge in [-0.2, -0.15) is 0 Å². The number of aromatic nitrogens is 1. The molecule has 1 aromatic carbocycles. The topological polar surface area (TPSA) is 43.1 Å². The maximum absolute atomic E-state index is 10.7. The fourth-order valence-electron chi connectivity index (χ4n) is 2.73. The summed E-state index contributed by atoms with van der Waals surface area (Å²) < 4.78 is 5.93. The third kappa shape index (κ3) is 3.65. The van der Waals surface area contributed by atoms with Crippen molar-refractivity contribution < 1.29 is 9.21 Å². The van der Waals surface area contributed by atoms with Gasteiger partial charge in [-0.05, 0) is 38.8 Å². The van der Waals surface area contributed by atoms with Gasteiger partial charge in [-0.25, -0.2) is 4.98 Å². The fourth-order valence-corrected chi connectivity index (χ4v) is 3.75. The maximum Gasteiger partial charge on any atom is 0.134 e. The predicted octanol–water partition coefficient (Wildman–Crippen LogP) is 4.85. The molecule has 2 heterocycles. The number of hydrogen-bond acceptors (Lipinski definition) is 4. The largest absolute Gasteiger partial charge is 0.461 e. The number of benzene rings is 1. The van der Waals surface area contributed by atoms with E-state index in [2.05, 4.69) is 42.2 Å². The molecule has 0 amide bonds. The van der Waals surface area contributed by atoms with Gasteiger partial charge in [0, 0.05) is 23.3 Å². The molecular weight excluding hydrogens is 318 g/mol. The number of rotatable bonds is 6. The van der Waals surface area contributed by atoms with Gasteiger partial charge in [-0.3, -0.25) is 0 Å². The molecule has 3 aromatic rings. The van der Waals surface area contributed by atoms with Crippen LogP contribution in [0.4, 0.5) is 0 Å². The zero-order valence-electron chi connectivity index (χ0n) is 14.3. The second-order valence-electron chi connectivity index (χ2n) is 6.05. The van der Waals surface area contributed by atoms with Gasteiger partial charge in [0.05, 0.1) is 10.7 Å². The molecule has 0 radical (unpaired) electrons. The normalized spacial score (nSPS) is 11.0. The second kappa shape index (κ2) is 7.14. The van der Waals surface area contributed by atoms with E-state index in [9.17, 15) is 4.79 Å². The number of furan rings is 1. The van der Waals surface area contributed by atoms with E-state index in [0.29, 0.717) is 6.42 Å². The lowest BCUT2D eigenvalue weighted by Crippen LogP contribution is -1.90. The summed E-state index contributed by atoms with van der Waals surface area (Å²) in [6, 6.07) is 10.5. The minimum Gasteiger partial charge on any atom is -0.461 e. The molecule has 0 atom stereocenters. The molecule has 24 heavy (non-hydrogen) atoms. The van der Waals surface area contributed by atoms with E-state index in [0.717, 1.165) is 51.8 Å². The van der Waals surface area contributed by atoms with Crippen molar-refractivity contribution in [2.45, 2.75) is 40.0 Å². The van der Waals surface area contributed by atoms with E-state index in [1.807, 2.05) is 13.8 Å². The van der Waals surface area contributed by atoms with Crippen molar-refractivity contribution in [3.8, 4) is 11.3 Å². The Balaban J connectivity index is 1.73. The summed E-state index contributed by atoms with van der Waals surface area (Å²) in [5.74, 6) is 1.88. The Labute approximate surface area is 146 Å². The molecular formula is C20H21NO2S. The Morgan fingerprint density at radius 1 is 1.12 bits per heavy atom. The predicted molar refractivity (Wildman–Crippen MR) is 97.6 cm³/mol. The van der Waals surface area contributed by atoms with Crippen LogP contribution in [0, 0.1) is 20.8 Å². The molecule has 0 saturated heterocycles. The van der Waals surface area contributed by atoms with Crippen LogP contribution in [0.25, 0.3) is 11.3 Å². The smallest absolute Gasteiger partial charge is 0.134 e. The first-order valence-electron chi connectivity index (χ1n) is 8.12. The standard InChI is InChI=1S/C20H21NO2S/c1-13-4-6-16(7-5-13)18-12-17(15(3)23-18)8-9-20-21-14(2)19(24-20)10-11-22/h4-7,11-12H,8-10H2,1-3H3. The minimum atomic E-state index is 0.464. The van der Waals surface area contributed by atoms with Crippen LogP contribution in [-0.2, 0) is 24.1 Å². The van der Waals surface area contributed by atoms with Gasteiger partial charge in [-0.15, -0.1) is 11.3 Å². The highest BCUT2D eigenvalue weighted by Gasteiger charge is 2.12. The second-order valence-corrected chi connectivity index (χ2v) is 7.21. The van der Waals surface area contributed by atoms with E-state index in [4.69, 9.17) is 4.42 Å². The van der Waals surface area contributed by atoms with E-state index in [1.54, 1.807) is 11.3 Å². The van der Waals surface area contributed by atoms with Crippen LogP contribution in [0.15, 0.2) is 34.7 Å². The lowest BCUT2D eigenvalue weighted by Gasteiger charge is -1.96. The van der Waals surface area contributed by atoms with Crippen LogP contribution >= 0.6 is 11.3 Å². The van der Waals surface area contributed by atoms with E-state index in [1.165, 1.54) is 11.1 Å². The Kier molecular flexibility index (Phi) is 4.95. The van der Waals surface area contributed by atoms with E-state index >= 15 is 0 Å². The summed E-state index contributed by atoms with van der Waals surface area (Å²) in [4.78, 5) is 16.3. The zero-order valence-corrected chi connectivity index (χ0v) is 15.1. The average Bonchev–Trinajstić information content (AvgIpc) is 3.10. The maximum atomic E-state index is 10.7. The monoisotopic (exact) mass is 339 g/mol. The third-order valence-electron chi connectivity index (χ3n) is 4.17. The quantitative estimate of drug-likeness (QED) is 0.603. The molecule has 2 aromatic heterocycles. The number of aryl methyl sites for hydroxylation is 5. The number of carbonyl (C=O) groups excluding carboxylic acids is 1.